The van der Waals surface area contributed by atoms with E-state index in [-0.39, 0.29) is 5.75 Å². The maximum atomic E-state index is 13.9. The van der Waals surface area contributed by atoms with Crippen LogP contribution in [-0.2, 0) is 0 Å². The minimum Gasteiger partial charge on any atom is -0.454 e. The van der Waals surface area contributed by atoms with E-state index in [1.54, 1.807) is 19.1 Å². The Morgan fingerprint density at radius 2 is 1.74 bits per heavy atom. The highest BCUT2D eigenvalue weighted by Gasteiger charge is 2.14. The molecule has 1 atom stereocenters. The predicted octanol–water partition coefficient (Wildman–Crippen LogP) is 4.29. The Bertz CT molecular complexity index is 571. The molecule has 0 heterocycles. The van der Waals surface area contributed by atoms with Crippen molar-refractivity contribution in [3.8, 4) is 11.5 Å². The van der Waals surface area contributed by atoms with Gasteiger partial charge in [-0.25, -0.2) is 4.39 Å². The zero-order chi connectivity index (χ0) is 14.0. The summed E-state index contributed by atoms with van der Waals surface area (Å²) in [7, 11) is 0. The fourth-order valence-corrected chi connectivity index (χ4v) is 2.07. The van der Waals surface area contributed by atoms with Crippen LogP contribution in [0.25, 0.3) is 0 Å². The van der Waals surface area contributed by atoms with Crippen molar-refractivity contribution in [3.05, 3.63) is 58.9 Å². The van der Waals surface area contributed by atoms with Crippen molar-refractivity contribution in [1.82, 2.24) is 0 Å². The molecule has 2 nitrogen and oxygen atoms in total. The minimum absolute atomic E-state index is 0.0856. The Morgan fingerprint density at radius 1 is 1.11 bits per heavy atom. The van der Waals surface area contributed by atoms with E-state index in [9.17, 15) is 9.50 Å². The van der Waals surface area contributed by atoms with E-state index in [0.29, 0.717) is 11.3 Å². The first-order valence-corrected chi connectivity index (χ1v) is 6.20. The van der Waals surface area contributed by atoms with Gasteiger partial charge in [-0.2, -0.15) is 0 Å². The number of hydrogen-bond acceptors (Lipinski definition) is 2. The summed E-state index contributed by atoms with van der Waals surface area (Å²) in [5.74, 6) is 0.185. The smallest absolute Gasteiger partial charge is 0.168 e. The second-order valence-electron chi connectivity index (χ2n) is 4.76. The van der Waals surface area contributed by atoms with Crippen molar-refractivity contribution >= 4 is 0 Å². The molecule has 0 fully saturated rings. The molecule has 0 aliphatic carbocycles. The molecule has 0 bridgehead atoms. The van der Waals surface area contributed by atoms with Crippen LogP contribution in [0, 0.1) is 19.7 Å². The predicted molar refractivity (Wildman–Crippen MR) is 73.0 cm³/mol. The Hall–Kier alpha value is -1.87. The summed E-state index contributed by atoms with van der Waals surface area (Å²) < 4.78 is 19.5. The second kappa shape index (κ2) is 5.41. The number of hydrogen-bond donors (Lipinski definition) is 1. The zero-order valence-electron chi connectivity index (χ0n) is 11.3. The number of halogens is 1. The van der Waals surface area contributed by atoms with E-state index in [1.807, 2.05) is 32.0 Å². The summed E-state index contributed by atoms with van der Waals surface area (Å²) in [6, 6.07) is 10.2. The van der Waals surface area contributed by atoms with Crippen molar-refractivity contribution in [2.24, 2.45) is 0 Å². The van der Waals surface area contributed by atoms with Gasteiger partial charge in [0.1, 0.15) is 5.75 Å². The largest absolute Gasteiger partial charge is 0.454 e. The topological polar surface area (TPSA) is 29.5 Å². The number of aryl methyl sites for hydroxylation is 2. The van der Waals surface area contributed by atoms with Crippen molar-refractivity contribution in [2.45, 2.75) is 26.9 Å². The Kier molecular flexibility index (Phi) is 3.86. The van der Waals surface area contributed by atoms with Gasteiger partial charge in [-0.15, -0.1) is 0 Å². The van der Waals surface area contributed by atoms with Gasteiger partial charge in [0.2, 0.25) is 0 Å². The minimum atomic E-state index is -0.781. The Labute approximate surface area is 112 Å². The van der Waals surface area contributed by atoms with Crippen LogP contribution in [-0.4, -0.2) is 5.11 Å². The lowest BCUT2D eigenvalue weighted by atomic mass is 10.1. The van der Waals surface area contributed by atoms with E-state index in [4.69, 9.17) is 4.74 Å². The van der Waals surface area contributed by atoms with Gasteiger partial charge in [0.25, 0.3) is 0 Å². The average Bonchev–Trinajstić information content (AvgIpc) is 2.30. The zero-order valence-corrected chi connectivity index (χ0v) is 11.3. The molecule has 2 aromatic carbocycles. The fourth-order valence-electron chi connectivity index (χ4n) is 2.07. The SMILES string of the molecule is Cc1cc(C)cc(Oc2c(F)cccc2[C@H](C)O)c1. The van der Waals surface area contributed by atoms with Crippen molar-refractivity contribution in [2.75, 3.05) is 0 Å². The molecular weight excluding hydrogens is 243 g/mol. The molecular formula is C16H17FO2. The standard InChI is InChI=1S/C16H17FO2/c1-10-7-11(2)9-13(8-10)19-16-14(12(3)18)5-4-6-15(16)17/h4-9,12,18H,1-3H3/t12-/m0/s1. The van der Waals surface area contributed by atoms with Crippen molar-refractivity contribution in [1.29, 1.82) is 0 Å². The van der Waals surface area contributed by atoms with Gasteiger partial charge in [0, 0.05) is 5.56 Å². The Morgan fingerprint density at radius 3 is 2.32 bits per heavy atom. The lowest BCUT2D eigenvalue weighted by molar-refractivity contribution is 0.194. The summed E-state index contributed by atoms with van der Waals surface area (Å²) in [5, 5.41) is 9.67. The molecule has 0 aliphatic rings. The van der Waals surface area contributed by atoms with Gasteiger partial charge in [0.15, 0.2) is 11.6 Å². The van der Waals surface area contributed by atoms with E-state index in [0.717, 1.165) is 11.1 Å². The highest BCUT2D eigenvalue weighted by atomic mass is 19.1. The third kappa shape index (κ3) is 3.12. The van der Waals surface area contributed by atoms with Gasteiger partial charge in [-0.1, -0.05) is 18.2 Å². The molecule has 2 aromatic rings. The summed E-state index contributed by atoms with van der Waals surface area (Å²) in [6.45, 7) is 5.50. The highest BCUT2D eigenvalue weighted by Crippen LogP contribution is 2.32. The average molecular weight is 260 g/mol. The molecule has 0 saturated heterocycles. The summed E-state index contributed by atoms with van der Waals surface area (Å²) >= 11 is 0. The molecule has 2 rings (SSSR count). The van der Waals surface area contributed by atoms with Gasteiger partial charge in [-0.05, 0) is 50.1 Å². The lowest BCUT2D eigenvalue weighted by Crippen LogP contribution is -1.99. The third-order valence-corrected chi connectivity index (χ3v) is 2.86. The molecule has 0 radical (unpaired) electrons. The number of para-hydroxylation sites is 1. The maximum Gasteiger partial charge on any atom is 0.168 e. The van der Waals surface area contributed by atoms with Crippen LogP contribution in [0.3, 0.4) is 0 Å². The first-order valence-electron chi connectivity index (χ1n) is 6.20. The van der Waals surface area contributed by atoms with E-state index >= 15 is 0 Å². The van der Waals surface area contributed by atoms with Gasteiger partial charge in [0.05, 0.1) is 6.10 Å². The lowest BCUT2D eigenvalue weighted by Gasteiger charge is -2.14. The number of rotatable bonds is 3. The van der Waals surface area contributed by atoms with Crippen LogP contribution >= 0.6 is 0 Å². The van der Waals surface area contributed by atoms with E-state index in [1.165, 1.54) is 6.07 Å². The summed E-state index contributed by atoms with van der Waals surface area (Å²) in [5.41, 5.74) is 2.54. The van der Waals surface area contributed by atoms with Crippen LogP contribution < -0.4 is 4.74 Å². The third-order valence-electron chi connectivity index (χ3n) is 2.86. The first-order chi connectivity index (χ1) is 8.97. The molecule has 0 aliphatic heterocycles. The summed E-state index contributed by atoms with van der Waals surface area (Å²) in [6.07, 6.45) is -0.781. The van der Waals surface area contributed by atoms with Crippen LogP contribution in [0.4, 0.5) is 4.39 Å². The van der Waals surface area contributed by atoms with Crippen molar-refractivity contribution in [3.63, 3.8) is 0 Å². The van der Waals surface area contributed by atoms with E-state index < -0.39 is 11.9 Å². The fraction of sp³-hybridized carbons (Fsp3) is 0.250. The normalized spacial score (nSPS) is 12.3. The Balaban J connectivity index is 2.42. The van der Waals surface area contributed by atoms with Crippen LogP contribution in [0.5, 0.6) is 11.5 Å². The molecule has 19 heavy (non-hydrogen) atoms. The second-order valence-corrected chi connectivity index (χ2v) is 4.76. The number of benzene rings is 2. The van der Waals surface area contributed by atoms with Crippen molar-refractivity contribution < 1.29 is 14.2 Å². The summed E-state index contributed by atoms with van der Waals surface area (Å²) in [4.78, 5) is 0. The highest BCUT2D eigenvalue weighted by molar-refractivity contribution is 5.42. The maximum absolute atomic E-state index is 13.9. The van der Waals surface area contributed by atoms with Gasteiger partial charge < -0.3 is 9.84 Å². The molecule has 0 spiro atoms. The van der Waals surface area contributed by atoms with Gasteiger partial charge >= 0.3 is 0 Å². The van der Waals surface area contributed by atoms with Crippen LogP contribution in [0.1, 0.15) is 29.7 Å². The molecule has 100 valence electrons. The molecule has 0 amide bonds. The molecule has 3 heteroatoms. The number of ether oxygens (including phenoxy) is 1. The monoisotopic (exact) mass is 260 g/mol. The molecule has 1 N–H and O–H groups in total. The molecule has 0 unspecified atom stereocenters. The molecule has 0 aromatic heterocycles. The number of aliphatic hydroxyl groups excluding tert-OH is 1. The quantitative estimate of drug-likeness (QED) is 0.892. The first kappa shape index (κ1) is 13.6. The van der Waals surface area contributed by atoms with E-state index in [2.05, 4.69) is 0 Å². The van der Waals surface area contributed by atoms with Crippen LogP contribution in [0.2, 0.25) is 0 Å². The number of aliphatic hydroxyl groups is 1. The van der Waals surface area contributed by atoms with Crippen LogP contribution in [0.15, 0.2) is 36.4 Å². The molecule has 0 saturated carbocycles. The van der Waals surface area contributed by atoms with Gasteiger partial charge in [-0.3, -0.25) is 0 Å².